The number of likely N-dealkylation sites (N-methyl/N-ethyl adjacent to an activating group) is 1. The van der Waals surface area contributed by atoms with Crippen LogP contribution < -0.4 is 5.32 Å². The highest BCUT2D eigenvalue weighted by atomic mass is 32.1. The van der Waals surface area contributed by atoms with Gasteiger partial charge in [0.2, 0.25) is 5.91 Å². The van der Waals surface area contributed by atoms with Gasteiger partial charge < -0.3 is 15.2 Å². The van der Waals surface area contributed by atoms with E-state index >= 15 is 0 Å². The number of thiophene rings is 1. The van der Waals surface area contributed by atoms with Crippen molar-refractivity contribution in [2.75, 3.05) is 33.4 Å². The molecule has 20 heavy (non-hydrogen) atoms. The summed E-state index contributed by atoms with van der Waals surface area (Å²) in [6.07, 6.45) is 0. The van der Waals surface area contributed by atoms with E-state index in [1.807, 2.05) is 11.4 Å². The molecule has 1 unspecified atom stereocenters. The van der Waals surface area contributed by atoms with Gasteiger partial charge in [-0.15, -0.1) is 11.3 Å². The highest BCUT2D eigenvalue weighted by Gasteiger charge is 2.28. The lowest BCUT2D eigenvalue weighted by Gasteiger charge is -2.33. The topological polar surface area (TPSA) is 61.8 Å². The first-order valence-corrected chi connectivity index (χ1v) is 7.33. The van der Waals surface area contributed by atoms with Crippen LogP contribution in [0.25, 0.3) is 0 Å². The van der Waals surface area contributed by atoms with E-state index in [1.165, 1.54) is 0 Å². The lowest BCUT2D eigenvalue weighted by molar-refractivity contribution is -0.132. The molecule has 1 aromatic rings. The number of hydrogen-bond acceptors (Lipinski definition) is 5. The molecule has 0 saturated carbocycles. The molecule has 0 aromatic carbocycles. The van der Waals surface area contributed by atoms with Gasteiger partial charge in [0.15, 0.2) is 0 Å². The lowest BCUT2D eigenvalue weighted by Crippen LogP contribution is -2.52. The molecular formula is C14H18N2O3S. The fraction of sp³-hybridized carbons (Fsp3) is 0.500. The van der Waals surface area contributed by atoms with Crippen molar-refractivity contribution in [3.05, 3.63) is 21.9 Å². The highest BCUT2D eigenvalue weighted by molar-refractivity contribution is 7.10. The second-order valence-corrected chi connectivity index (χ2v) is 5.43. The number of carbonyl (C=O) groups is 1. The predicted octanol–water partition coefficient (Wildman–Crippen LogP) is 0.0387. The number of rotatable bonds is 3. The first-order valence-electron chi connectivity index (χ1n) is 6.45. The van der Waals surface area contributed by atoms with Crippen molar-refractivity contribution < 1.29 is 14.6 Å². The molecule has 5 nitrogen and oxygen atoms in total. The van der Waals surface area contributed by atoms with E-state index in [1.54, 1.807) is 18.4 Å². The molecule has 1 saturated heterocycles. The summed E-state index contributed by atoms with van der Waals surface area (Å²) in [5, 5.41) is 13.3. The van der Waals surface area contributed by atoms with E-state index in [2.05, 4.69) is 22.1 Å². The number of morpholine rings is 1. The van der Waals surface area contributed by atoms with Crippen LogP contribution in [0.2, 0.25) is 0 Å². The maximum absolute atomic E-state index is 11.8. The van der Waals surface area contributed by atoms with Crippen molar-refractivity contribution in [3.63, 3.8) is 0 Å². The average molecular weight is 294 g/mol. The van der Waals surface area contributed by atoms with Gasteiger partial charge in [-0.1, -0.05) is 11.8 Å². The zero-order valence-electron chi connectivity index (χ0n) is 11.4. The van der Waals surface area contributed by atoms with Gasteiger partial charge in [0.05, 0.1) is 13.2 Å². The molecule has 1 aliphatic rings. The lowest BCUT2D eigenvalue weighted by atomic mass is 10.2. The fourth-order valence-electron chi connectivity index (χ4n) is 2.11. The summed E-state index contributed by atoms with van der Waals surface area (Å²) >= 11 is 1.62. The molecule has 1 aliphatic heterocycles. The van der Waals surface area contributed by atoms with Gasteiger partial charge in [-0.2, -0.15) is 0 Å². The summed E-state index contributed by atoms with van der Waals surface area (Å²) in [5.74, 6) is 5.50. The average Bonchev–Trinajstić information content (AvgIpc) is 2.92. The summed E-state index contributed by atoms with van der Waals surface area (Å²) in [7, 11) is 1.64. The number of carbonyl (C=O) groups excluding carboxylic acids is 1. The SMILES string of the molecule is CNC(=O)C1COCCN1Cc1cc(C#CCO)cs1. The molecule has 2 rings (SSSR count). The van der Waals surface area contributed by atoms with Crippen LogP contribution in [0.5, 0.6) is 0 Å². The summed E-state index contributed by atoms with van der Waals surface area (Å²) < 4.78 is 5.38. The summed E-state index contributed by atoms with van der Waals surface area (Å²) in [6.45, 7) is 2.41. The standard InChI is InChI=1S/C14H18N2O3S/c1-15-14(18)13-9-19-6-4-16(13)8-12-7-11(10-20-12)3-2-5-17/h7,10,13,17H,4-6,8-9H2,1H3,(H,15,18). The van der Waals surface area contributed by atoms with Crippen molar-refractivity contribution in [2.24, 2.45) is 0 Å². The number of amides is 1. The van der Waals surface area contributed by atoms with Gasteiger partial charge in [0.1, 0.15) is 12.6 Å². The minimum absolute atomic E-state index is 0.0125. The van der Waals surface area contributed by atoms with Crippen LogP contribution in [0.4, 0.5) is 0 Å². The van der Waals surface area contributed by atoms with Crippen LogP contribution >= 0.6 is 11.3 Å². The summed E-state index contributed by atoms with van der Waals surface area (Å²) in [6, 6.07) is 1.77. The largest absolute Gasteiger partial charge is 0.384 e. The normalized spacial score (nSPS) is 19.2. The molecule has 0 aliphatic carbocycles. The zero-order valence-corrected chi connectivity index (χ0v) is 12.2. The molecule has 1 amide bonds. The Kier molecular flexibility index (Phi) is 5.56. The minimum Gasteiger partial charge on any atom is -0.384 e. The van der Waals surface area contributed by atoms with Gasteiger partial charge in [-0.3, -0.25) is 9.69 Å². The molecule has 2 heterocycles. The van der Waals surface area contributed by atoms with Crippen molar-refractivity contribution in [2.45, 2.75) is 12.6 Å². The van der Waals surface area contributed by atoms with E-state index in [9.17, 15) is 4.79 Å². The van der Waals surface area contributed by atoms with Crippen LogP contribution in [0.1, 0.15) is 10.4 Å². The van der Waals surface area contributed by atoms with E-state index in [-0.39, 0.29) is 18.6 Å². The van der Waals surface area contributed by atoms with Crippen LogP contribution in [0.15, 0.2) is 11.4 Å². The quantitative estimate of drug-likeness (QED) is 0.773. The third-order valence-electron chi connectivity index (χ3n) is 3.11. The first kappa shape index (κ1) is 15.0. The van der Waals surface area contributed by atoms with E-state index in [0.29, 0.717) is 19.8 Å². The van der Waals surface area contributed by atoms with Crippen molar-refractivity contribution in [1.82, 2.24) is 10.2 Å². The molecule has 108 valence electrons. The van der Waals surface area contributed by atoms with Gasteiger partial charge in [-0.25, -0.2) is 0 Å². The van der Waals surface area contributed by atoms with Crippen LogP contribution in [0.3, 0.4) is 0 Å². The predicted molar refractivity (Wildman–Crippen MR) is 77.4 cm³/mol. The zero-order chi connectivity index (χ0) is 14.4. The van der Waals surface area contributed by atoms with Crippen LogP contribution in [0, 0.1) is 11.8 Å². The molecular weight excluding hydrogens is 276 g/mol. The number of nitrogens with one attached hydrogen (secondary N) is 1. The number of ether oxygens (including phenoxy) is 1. The Bertz CT molecular complexity index is 518. The Labute approximate surface area is 122 Å². The smallest absolute Gasteiger partial charge is 0.239 e. The molecule has 0 radical (unpaired) electrons. The van der Waals surface area contributed by atoms with Crippen molar-refractivity contribution in [1.29, 1.82) is 0 Å². The molecule has 2 N–H and O–H groups in total. The van der Waals surface area contributed by atoms with E-state index in [4.69, 9.17) is 9.84 Å². The number of aliphatic hydroxyl groups is 1. The highest BCUT2D eigenvalue weighted by Crippen LogP contribution is 2.19. The van der Waals surface area contributed by atoms with Crippen LogP contribution in [-0.2, 0) is 16.1 Å². The Morgan fingerprint density at radius 3 is 3.30 bits per heavy atom. The van der Waals surface area contributed by atoms with E-state index < -0.39 is 0 Å². The summed E-state index contributed by atoms with van der Waals surface area (Å²) in [4.78, 5) is 15.1. The molecule has 6 heteroatoms. The summed E-state index contributed by atoms with van der Waals surface area (Å²) in [5.41, 5.74) is 0.906. The van der Waals surface area contributed by atoms with Gasteiger partial charge in [0.25, 0.3) is 0 Å². The second kappa shape index (κ2) is 7.41. The Morgan fingerprint density at radius 2 is 2.55 bits per heavy atom. The van der Waals surface area contributed by atoms with Gasteiger partial charge >= 0.3 is 0 Å². The monoisotopic (exact) mass is 294 g/mol. The number of nitrogens with zero attached hydrogens (tertiary/aromatic N) is 1. The van der Waals surface area contributed by atoms with Crippen LogP contribution in [-0.4, -0.2) is 55.4 Å². The number of hydrogen-bond donors (Lipinski definition) is 2. The first-order chi connectivity index (χ1) is 9.74. The fourth-order valence-corrected chi connectivity index (χ4v) is 2.95. The third-order valence-corrected chi connectivity index (χ3v) is 4.03. The maximum Gasteiger partial charge on any atom is 0.239 e. The Hall–Kier alpha value is -1.39. The van der Waals surface area contributed by atoms with Crippen molar-refractivity contribution in [3.8, 4) is 11.8 Å². The molecule has 1 aromatic heterocycles. The molecule has 1 fully saturated rings. The van der Waals surface area contributed by atoms with Crippen molar-refractivity contribution >= 4 is 17.2 Å². The van der Waals surface area contributed by atoms with Gasteiger partial charge in [0, 0.05) is 36.0 Å². The minimum atomic E-state index is -0.233. The maximum atomic E-state index is 11.8. The molecule has 0 spiro atoms. The molecule has 0 bridgehead atoms. The number of aliphatic hydroxyl groups excluding tert-OH is 1. The second-order valence-electron chi connectivity index (χ2n) is 4.44. The Balaban J connectivity index is 2.03. The van der Waals surface area contributed by atoms with Gasteiger partial charge in [-0.05, 0) is 6.07 Å². The molecule has 1 atom stereocenters. The Morgan fingerprint density at radius 1 is 1.70 bits per heavy atom. The van der Waals surface area contributed by atoms with E-state index in [0.717, 1.165) is 17.0 Å². The third kappa shape index (κ3) is 3.81.